The molecular weight excluding hydrogens is 423 g/mol. The summed E-state index contributed by atoms with van der Waals surface area (Å²) in [6, 6.07) is 10.5. The van der Waals surface area contributed by atoms with E-state index in [1.807, 2.05) is 4.90 Å². The molecule has 2 heterocycles. The Labute approximate surface area is 183 Å². The van der Waals surface area contributed by atoms with Crippen molar-refractivity contribution in [1.82, 2.24) is 4.90 Å². The van der Waals surface area contributed by atoms with Crippen molar-refractivity contribution in [3.8, 4) is 0 Å². The predicted octanol–water partition coefficient (Wildman–Crippen LogP) is 3.92. The maximum absolute atomic E-state index is 13.7. The molecule has 0 radical (unpaired) electrons. The Morgan fingerprint density at radius 3 is 2.38 bits per heavy atom. The minimum Gasteiger partial charge on any atom is -0.378 e. The summed E-state index contributed by atoms with van der Waals surface area (Å²) >= 11 is 0. The van der Waals surface area contributed by atoms with Crippen molar-refractivity contribution in [2.24, 2.45) is 0 Å². The Morgan fingerprint density at radius 2 is 1.75 bits per heavy atom. The number of benzene rings is 2. The minimum absolute atomic E-state index is 0.104. The molecule has 0 unspecified atom stereocenters. The summed E-state index contributed by atoms with van der Waals surface area (Å²) < 4.78 is 46.4. The van der Waals surface area contributed by atoms with Gasteiger partial charge in [0.15, 0.2) is 0 Å². The number of morpholine rings is 1. The number of anilines is 2. The molecule has 0 aliphatic carbocycles. The standard InChI is InChI=1S/C23H24F3N3O3/c24-23(25,26)19-14-18(28-10-12-32-13-11-28)7-8-20(19)27-22(31)17-5-3-16(4-6-17)15-29-9-1-2-21(29)30/h3-8,14H,1-2,9-13,15H2,(H,27,31). The number of amides is 2. The summed E-state index contributed by atoms with van der Waals surface area (Å²) in [5.74, 6) is -0.523. The number of carbonyl (C=O) groups is 2. The second kappa shape index (κ2) is 9.20. The van der Waals surface area contributed by atoms with E-state index >= 15 is 0 Å². The average Bonchev–Trinajstić information content (AvgIpc) is 3.18. The lowest BCUT2D eigenvalue weighted by Gasteiger charge is -2.29. The minimum atomic E-state index is -4.61. The number of hydrogen-bond acceptors (Lipinski definition) is 4. The molecule has 6 nitrogen and oxygen atoms in total. The first kappa shape index (κ1) is 22.1. The molecule has 0 saturated carbocycles. The van der Waals surface area contributed by atoms with Crippen LogP contribution >= 0.6 is 0 Å². The van der Waals surface area contributed by atoms with Gasteiger partial charge in [0.25, 0.3) is 5.91 Å². The maximum Gasteiger partial charge on any atom is 0.418 e. The largest absolute Gasteiger partial charge is 0.418 e. The monoisotopic (exact) mass is 447 g/mol. The van der Waals surface area contributed by atoms with Gasteiger partial charge < -0.3 is 19.9 Å². The van der Waals surface area contributed by atoms with E-state index in [1.54, 1.807) is 35.2 Å². The molecule has 2 aromatic rings. The fourth-order valence-corrected chi connectivity index (χ4v) is 3.94. The molecule has 0 spiro atoms. The third kappa shape index (κ3) is 5.04. The van der Waals surface area contributed by atoms with Crippen molar-refractivity contribution in [1.29, 1.82) is 0 Å². The smallest absolute Gasteiger partial charge is 0.378 e. The highest BCUT2D eigenvalue weighted by Crippen LogP contribution is 2.37. The molecule has 2 aromatic carbocycles. The molecule has 0 atom stereocenters. The van der Waals surface area contributed by atoms with Crippen LogP contribution in [0, 0.1) is 0 Å². The van der Waals surface area contributed by atoms with E-state index in [2.05, 4.69) is 5.32 Å². The zero-order valence-electron chi connectivity index (χ0n) is 17.5. The summed E-state index contributed by atoms with van der Waals surface area (Å²) in [7, 11) is 0. The molecule has 170 valence electrons. The van der Waals surface area contributed by atoms with E-state index in [9.17, 15) is 22.8 Å². The van der Waals surface area contributed by atoms with Crippen LogP contribution in [0.2, 0.25) is 0 Å². The molecule has 2 amide bonds. The van der Waals surface area contributed by atoms with Gasteiger partial charge in [-0.2, -0.15) is 13.2 Å². The summed E-state index contributed by atoms with van der Waals surface area (Å²) in [6.45, 7) is 3.12. The van der Waals surface area contributed by atoms with Crippen LogP contribution in [0.3, 0.4) is 0 Å². The molecule has 0 bridgehead atoms. The van der Waals surface area contributed by atoms with Gasteiger partial charge >= 0.3 is 6.18 Å². The lowest BCUT2D eigenvalue weighted by molar-refractivity contribution is -0.137. The molecular formula is C23H24F3N3O3. The van der Waals surface area contributed by atoms with Gasteiger partial charge in [-0.25, -0.2) is 0 Å². The van der Waals surface area contributed by atoms with Crippen LogP contribution in [-0.4, -0.2) is 49.6 Å². The SMILES string of the molecule is O=C(Nc1ccc(N2CCOCC2)cc1C(F)(F)F)c1ccc(CN2CCCC2=O)cc1. The zero-order valence-corrected chi connectivity index (χ0v) is 17.5. The van der Waals surface area contributed by atoms with Crippen LogP contribution in [0.15, 0.2) is 42.5 Å². The molecule has 2 aliphatic rings. The van der Waals surface area contributed by atoms with Crippen LogP contribution in [0.4, 0.5) is 24.5 Å². The van der Waals surface area contributed by atoms with E-state index in [1.165, 1.54) is 6.07 Å². The first-order chi connectivity index (χ1) is 15.3. The van der Waals surface area contributed by atoms with Crippen LogP contribution < -0.4 is 10.2 Å². The first-order valence-corrected chi connectivity index (χ1v) is 10.5. The van der Waals surface area contributed by atoms with Crippen LogP contribution in [0.1, 0.15) is 34.3 Å². The van der Waals surface area contributed by atoms with E-state index in [-0.39, 0.29) is 17.2 Å². The fourth-order valence-electron chi connectivity index (χ4n) is 3.94. The number of rotatable bonds is 5. The molecule has 0 aromatic heterocycles. The normalized spacial score (nSPS) is 17.0. The van der Waals surface area contributed by atoms with Crippen LogP contribution in [0.5, 0.6) is 0 Å². The topological polar surface area (TPSA) is 61.9 Å². The maximum atomic E-state index is 13.7. The highest BCUT2D eigenvalue weighted by molar-refractivity contribution is 6.04. The predicted molar refractivity (Wildman–Crippen MR) is 114 cm³/mol. The highest BCUT2D eigenvalue weighted by Gasteiger charge is 2.35. The number of hydrogen-bond donors (Lipinski definition) is 1. The molecule has 9 heteroatoms. The van der Waals surface area contributed by atoms with Crippen molar-refractivity contribution in [3.63, 3.8) is 0 Å². The third-order valence-electron chi connectivity index (χ3n) is 5.69. The van der Waals surface area contributed by atoms with Gasteiger partial charge in [-0.1, -0.05) is 12.1 Å². The number of likely N-dealkylation sites (tertiary alicyclic amines) is 1. The Bertz CT molecular complexity index is 986. The fraction of sp³-hybridized carbons (Fsp3) is 0.391. The Morgan fingerprint density at radius 1 is 1.03 bits per heavy atom. The highest BCUT2D eigenvalue weighted by atomic mass is 19.4. The number of nitrogens with zero attached hydrogens (tertiary/aromatic N) is 2. The van der Waals surface area contributed by atoms with Crippen molar-refractivity contribution in [2.75, 3.05) is 43.1 Å². The number of alkyl halides is 3. The number of carbonyl (C=O) groups excluding carboxylic acids is 2. The molecule has 2 saturated heterocycles. The number of nitrogens with one attached hydrogen (secondary N) is 1. The number of ether oxygens (including phenoxy) is 1. The van der Waals surface area contributed by atoms with Gasteiger partial charge in [0, 0.05) is 43.9 Å². The molecule has 2 fully saturated rings. The average molecular weight is 447 g/mol. The van der Waals surface area contributed by atoms with Gasteiger partial charge in [0.05, 0.1) is 24.5 Å². The van der Waals surface area contributed by atoms with Crippen molar-refractivity contribution in [3.05, 3.63) is 59.2 Å². The quantitative estimate of drug-likeness (QED) is 0.755. The van der Waals surface area contributed by atoms with Gasteiger partial charge in [-0.15, -0.1) is 0 Å². The first-order valence-electron chi connectivity index (χ1n) is 10.5. The van der Waals surface area contributed by atoms with Crippen LogP contribution in [-0.2, 0) is 22.3 Å². The molecule has 1 N–H and O–H groups in total. The van der Waals surface area contributed by atoms with E-state index in [4.69, 9.17) is 4.74 Å². The second-order valence-corrected chi connectivity index (χ2v) is 7.90. The molecule has 32 heavy (non-hydrogen) atoms. The summed E-state index contributed by atoms with van der Waals surface area (Å²) in [5.41, 5.74) is 0.374. The van der Waals surface area contributed by atoms with Crippen molar-refractivity contribution < 1.29 is 27.5 Å². The lowest BCUT2D eigenvalue weighted by Crippen LogP contribution is -2.36. The van der Waals surface area contributed by atoms with Crippen molar-refractivity contribution >= 4 is 23.2 Å². The van der Waals surface area contributed by atoms with Gasteiger partial charge in [-0.3, -0.25) is 9.59 Å². The van der Waals surface area contributed by atoms with Crippen LogP contribution in [0.25, 0.3) is 0 Å². The van der Waals surface area contributed by atoms with E-state index < -0.39 is 17.6 Å². The summed E-state index contributed by atoms with van der Waals surface area (Å²) in [6.07, 6.45) is -3.23. The Balaban J connectivity index is 1.48. The number of halogens is 3. The summed E-state index contributed by atoms with van der Waals surface area (Å²) in [5, 5.41) is 2.40. The van der Waals surface area contributed by atoms with E-state index in [0.717, 1.165) is 18.1 Å². The zero-order chi connectivity index (χ0) is 22.7. The molecule has 2 aliphatic heterocycles. The Kier molecular flexibility index (Phi) is 6.36. The lowest BCUT2D eigenvalue weighted by atomic mass is 10.1. The van der Waals surface area contributed by atoms with Gasteiger partial charge in [0.1, 0.15) is 0 Å². The summed E-state index contributed by atoms with van der Waals surface area (Å²) in [4.78, 5) is 28.0. The second-order valence-electron chi connectivity index (χ2n) is 7.90. The molecule has 4 rings (SSSR count). The van der Waals surface area contributed by atoms with E-state index in [0.29, 0.717) is 51.5 Å². The Hall–Kier alpha value is -3.07. The van der Waals surface area contributed by atoms with Gasteiger partial charge in [0.2, 0.25) is 5.91 Å². The van der Waals surface area contributed by atoms with Crippen molar-refractivity contribution in [2.45, 2.75) is 25.6 Å². The van der Waals surface area contributed by atoms with Gasteiger partial charge in [-0.05, 0) is 42.3 Å². The third-order valence-corrected chi connectivity index (χ3v) is 5.69.